The van der Waals surface area contributed by atoms with Crippen LogP contribution in [0.4, 0.5) is 11.4 Å². The van der Waals surface area contributed by atoms with Crippen LogP contribution in [-0.2, 0) is 11.3 Å². The lowest BCUT2D eigenvalue weighted by atomic mass is 10.1. The fraction of sp³-hybridized carbons (Fsp3) is 0.345. The first-order chi connectivity index (χ1) is 17.7. The third-order valence-electron chi connectivity index (χ3n) is 6.98. The SMILES string of the molecule is Cc1cccc(C=NCc2cc(N3CCOCC3)c3nc(-c4ccc(N5CCCC5)cc4)cn3n2)c1. The Kier molecular flexibility index (Phi) is 6.38. The highest BCUT2D eigenvalue weighted by molar-refractivity contribution is 5.80. The number of ether oxygens (including phenoxy) is 1. The van der Waals surface area contributed by atoms with Crippen LogP contribution < -0.4 is 9.80 Å². The minimum atomic E-state index is 0.513. The molecule has 2 aliphatic rings. The lowest BCUT2D eigenvalue weighted by molar-refractivity contribution is 0.123. The zero-order valence-electron chi connectivity index (χ0n) is 20.8. The number of nitrogens with zero attached hydrogens (tertiary/aromatic N) is 6. The van der Waals surface area contributed by atoms with Gasteiger partial charge in [-0.2, -0.15) is 5.10 Å². The summed E-state index contributed by atoms with van der Waals surface area (Å²) in [6.45, 7) is 8.04. The van der Waals surface area contributed by atoms with Gasteiger partial charge >= 0.3 is 0 Å². The number of anilines is 2. The van der Waals surface area contributed by atoms with E-state index in [-0.39, 0.29) is 0 Å². The molecule has 0 aliphatic carbocycles. The minimum Gasteiger partial charge on any atom is -0.378 e. The highest BCUT2D eigenvalue weighted by Crippen LogP contribution is 2.29. The Morgan fingerprint density at radius 3 is 2.53 bits per heavy atom. The first-order valence-electron chi connectivity index (χ1n) is 12.9. The Hall–Kier alpha value is -3.71. The Labute approximate surface area is 212 Å². The molecule has 0 saturated carbocycles. The van der Waals surface area contributed by atoms with E-state index < -0.39 is 0 Å². The maximum absolute atomic E-state index is 5.60. The summed E-state index contributed by atoms with van der Waals surface area (Å²) in [4.78, 5) is 14.5. The molecule has 0 spiro atoms. The summed E-state index contributed by atoms with van der Waals surface area (Å²) in [5.74, 6) is 0. The van der Waals surface area contributed by atoms with Gasteiger partial charge in [0.2, 0.25) is 0 Å². The average Bonchev–Trinajstić information content (AvgIpc) is 3.60. The van der Waals surface area contributed by atoms with Crippen molar-refractivity contribution >= 4 is 23.2 Å². The van der Waals surface area contributed by atoms with Crippen LogP contribution in [0, 0.1) is 6.92 Å². The minimum absolute atomic E-state index is 0.513. The maximum Gasteiger partial charge on any atom is 0.177 e. The summed E-state index contributed by atoms with van der Waals surface area (Å²) >= 11 is 0. The van der Waals surface area contributed by atoms with Gasteiger partial charge in [-0.15, -0.1) is 0 Å². The van der Waals surface area contributed by atoms with Gasteiger partial charge < -0.3 is 14.5 Å². The standard InChI is InChI=1S/C29H32N6O/c1-22-5-4-6-23(17-22)19-30-20-25-18-28(34-13-15-36-16-14-34)29-31-27(21-35(29)32-25)24-7-9-26(10-8-24)33-11-2-3-12-33/h4-10,17-19,21H,2-3,11-16,20H2,1H3. The molecule has 2 fully saturated rings. The van der Waals surface area contributed by atoms with Crippen LogP contribution in [-0.4, -0.2) is 60.2 Å². The van der Waals surface area contributed by atoms with Gasteiger partial charge in [-0.05, 0) is 43.5 Å². The molecule has 0 amide bonds. The first kappa shape index (κ1) is 22.7. The summed E-state index contributed by atoms with van der Waals surface area (Å²) in [6, 6.07) is 19.3. The van der Waals surface area contributed by atoms with Gasteiger partial charge in [-0.3, -0.25) is 4.99 Å². The molecule has 0 radical (unpaired) electrons. The van der Waals surface area contributed by atoms with Crippen LogP contribution in [0.1, 0.15) is 29.7 Å². The molecule has 7 nitrogen and oxygen atoms in total. The van der Waals surface area contributed by atoms with Gasteiger partial charge in [-0.25, -0.2) is 9.50 Å². The summed E-state index contributed by atoms with van der Waals surface area (Å²) in [5, 5.41) is 4.88. The highest BCUT2D eigenvalue weighted by Gasteiger charge is 2.19. The lowest BCUT2D eigenvalue weighted by Gasteiger charge is -2.29. The quantitative estimate of drug-likeness (QED) is 0.373. The Morgan fingerprint density at radius 2 is 1.75 bits per heavy atom. The van der Waals surface area contributed by atoms with E-state index in [1.807, 2.05) is 16.9 Å². The molecule has 2 saturated heterocycles. The Balaban J connectivity index is 1.31. The van der Waals surface area contributed by atoms with Crippen molar-refractivity contribution in [2.45, 2.75) is 26.3 Å². The third-order valence-corrected chi connectivity index (χ3v) is 6.98. The van der Waals surface area contributed by atoms with Crippen molar-refractivity contribution in [3.05, 3.63) is 77.6 Å². The fourth-order valence-corrected chi connectivity index (χ4v) is 5.08. The Morgan fingerprint density at radius 1 is 0.944 bits per heavy atom. The van der Waals surface area contributed by atoms with Crippen molar-refractivity contribution in [3.63, 3.8) is 0 Å². The highest BCUT2D eigenvalue weighted by atomic mass is 16.5. The molecule has 184 valence electrons. The second kappa shape index (κ2) is 10.1. The van der Waals surface area contributed by atoms with Crippen molar-refractivity contribution < 1.29 is 4.74 Å². The normalized spacial score (nSPS) is 16.5. The van der Waals surface area contributed by atoms with Crippen molar-refractivity contribution in [1.82, 2.24) is 14.6 Å². The fourth-order valence-electron chi connectivity index (χ4n) is 5.08. The molecular formula is C29H32N6O. The molecule has 4 aromatic rings. The van der Waals surface area contributed by atoms with E-state index >= 15 is 0 Å². The molecule has 0 unspecified atom stereocenters. The largest absolute Gasteiger partial charge is 0.378 e. The van der Waals surface area contributed by atoms with Gasteiger partial charge in [0, 0.05) is 43.6 Å². The van der Waals surface area contributed by atoms with Gasteiger partial charge in [0.25, 0.3) is 0 Å². The molecular weight excluding hydrogens is 448 g/mol. The van der Waals surface area contributed by atoms with E-state index in [1.165, 1.54) is 24.1 Å². The van der Waals surface area contributed by atoms with Crippen LogP contribution in [0.15, 0.2) is 65.8 Å². The number of aromatic nitrogens is 3. The topological polar surface area (TPSA) is 58.3 Å². The van der Waals surface area contributed by atoms with Gasteiger partial charge in [0.1, 0.15) is 0 Å². The Bertz CT molecular complexity index is 1360. The van der Waals surface area contributed by atoms with E-state index in [4.69, 9.17) is 14.8 Å². The van der Waals surface area contributed by atoms with Gasteiger partial charge in [-0.1, -0.05) is 42.0 Å². The van der Waals surface area contributed by atoms with Crippen LogP contribution in [0.25, 0.3) is 16.9 Å². The van der Waals surface area contributed by atoms with Gasteiger partial charge in [0.05, 0.1) is 43.0 Å². The summed E-state index contributed by atoms with van der Waals surface area (Å²) in [5.41, 5.74) is 8.55. The van der Waals surface area contributed by atoms with E-state index in [9.17, 15) is 0 Å². The van der Waals surface area contributed by atoms with Crippen molar-refractivity contribution in [2.75, 3.05) is 49.2 Å². The number of morpholine rings is 1. The number of aliphatic imine (C=N–C) groups is 1. The second-order valence-corrected chi connectivity index (χ2v) is 9.64. The number of hydrogen-bond acceptors (Lipinski definition) is 6. The van der Waals surface area contributed by atoms with Crippen molar-refractivity contribution in [1.29, 1.82) is 0 Å². The third kappa shape index (κ3) is 4.84. The molecule has 2 aromatic carbocycles. The number of aryl methyl sites for hydroxylation is 1. The van der Waals surface area contributed by atoms with E-state index in [0.29, 0.717) is 6.54 Å². The zero-order chi connectivity index (χ0) is 24.3. The summed E-state index contributed by atoms with van der Waals surface area (Å²) < 4.78 is 7.53. The molecule has 0 bridgehead atoms. The van der Waals surface area contributed by atoms with E-state index in [0.717, 1.165) is 73.2 Å². The molecule has 2 aliphatic heterocycles. The number of hydrogen-bond donors (Lipinski definition) is 0. The monoisotopic (exact) mass is 480 g/mol. The molecule has 7 heteroatoms. The van der Waals surface area contributed by atoms with Crippen LogP contribution in [0.3, 0.4) is 0 Å². The van der Waals surface area contributed by atoms with Crippen LogP contribution in [0.5, 0.6) is 0 Å². The van der Waals surface area contributed by atoms with Crippen molar-refractivity contribution in [2.24, 2.45) is 4.99 Å². The predicted molar refractivity (Wildman–Crippen MR) is 145 cm³/mol. The molecule has 4 heterocycles. The number of benzene rings is 2. The van der Waals surface area contributed by atoms with Crippen molar-refractivity contribution in [3.8, 4) is 11.3 Å². The van der Waals surface area contributed by atoms with E-state index in [1.54, 1.807) is 0 Å². The van der Waals surface area contributed by atoms with Gasteiger partial charge in [0.15, 0.2) is 5.65 Å². The number of rotatable bonds is 6. The van der Waals surface area contributed by atoms with E-state index in [2.05, 4.69) is 76.3 Å². The molecule has 36 heavy (non-hydrogen) atoms. The molecule has 2 aromatic heterocycles. The summed E-state index contributed by atoms with van der Waals surface area (Å²) in [7, 11) is 0. The second-order valence-electron chi connectivity index (χ2n) is 9.64. The van der Waals surface area contributed by atoms with Crippen LogP contribution in [0.2, 0.25) is 0 Å². The summed E-state index contributed by atoms with van der Waals surface area (Å²) in [6.07, 6.45) is 6.52. The number of fused-ring (bicyclic) bond motifs is 1. The zero-order valence-corrected chi connectivity index (χ0v) is 20.8. The maximum atomic E-state index is 5.60. The average molecular weight is 481 g/mol. The smallest absolute Gasteiger partial charge is 0.177 e. The molecule has 6 rings (SSSR count). The number of imidazole rings is 1. The molecule has 0 N–H and O–H groups in total. The molecule has 0 atom stereocenters. The van der Waals surface area contributed by atoms with Crippen LogP contribution >= 0.6 is 0 Å². The first-order valence-corrected chi connectivity index (χ1v) is 12.9. The lowest BCUT2D eigenvalue weighted by Crippen LogP contribution is -2.36. The predicted octanol–water partition coefficient (Wildman–Crippen LogP) is 4.76.